The third kappa shape index (κ3) is 3.37. The summed E-state index contributed by atoms with van der Waals surface area (Å²) < 4.78 is 0. The largest absolute Gasteiger partial charge is 0.478 e. The standard InChI is InChI=1S/C17H26N2O4S/c1-9(20)12-10-7-11(14(16(22)23)13(10)15(12)21)24-6-5-19(8-18)17(2,3)4/h8-10,12-13,18,20H,5-7H2,1-4H3,(H,22,23). The number of Topliss-reactive ketones (excluding diaryl/α,β-unsaturated/α-hetero) is 1. The van der Waals surface area contributed by atoms with Crippen LogP contribution in [0.4, 0.5) is 0 Å². The zero-order chi connectivity index (χ0) is 18.2. The maximum atomic E-state index is 12.2. The normalized spacial score (nSPS) is 27.5. The molecule has 0 aliphatic heterocycles. The number of aliphatic hydroxyl groups is 1. The van der Waals surface area contributed by atoms with E-state index in [4.69, 9.17) is 5.41 Å². The fourth-order valence-electron chi connectivity index (χ4n) is 3.66. The van der Waals surface area contributed by atoms with Gasteiger partial charge < -0.3 is 15.1 Å². The van der Waals surface area contributed by atoms with Gasteiger partial charge in [0, 0.05) is 23.8 Å². The molecule has 4 unspecified atom stereocenters. The second-order valence-corrected chi connectivity index (χ2v) is 8.69. The number of carboxylic acid groups (broad SMARTS) is 1. The molecule has 6 nitrogen and oxygen atoms in total. The van der Waals surface area contributed by atoms with Crippen molar-refractivity contribution in [2.24, 2.45) is 17.8 Å². The zero-order valence-corrected chi connectivity index (χ0v) is 15.4. The van der Waals surface area contributed by atoms with Crippen LogP contribution in [0.2, 0.25) is 0 Å². The summed E-state index contributed by atoms with van der Waals surface area (Å²) in [6.45, 7) is 8.29. The number of thioether (sulfide) groups is 1. The lowest BCUT2D eigenvalue weighted by Gasteiger charge is -2.41. The summed E-state index contributed by atoms with van der Waals surface area (Å²) in [5, 5.41) is 26.7. The minimum atomic E-state index is -1.03. The first-order valence-corrected chi connectivity index (χ1v) is 9.16. The number of aliphatic hydroxyl groups excluding tert-OH is 1. The third-order valence-electron chi connectivity index (χ3n) is 4.93. The molecule has 134 valence electrons. The Morgan fingerprint density at radius 1 is 1.50 bits per heavy atom. The Morgan fingerprint density at radius 3 is 2.58 bits per heavy atom. The van der Waals surface area contributed by atoms with Gasteiger partial charge in [-0.25, -0.2) is 4.79 Å². The number of aliphatic carboxylic acids is 1. The lowest BCUT2D eigenvalue weighted by atomic mass is 9.61. The molecular weight excluding hydrogens is 328 g/mol. The van der Waals surface area contributed by atoms with Crippen LogP contribution in [-0.4, -0.2) is 57.1 Å². The van der Waals surface area contributed by atoms with Gasteiger partial charge in [-0.3, -0.25) is 10.2 Å². The number of nitrogens with one attached hydrogen (secondary N) is 1. The molecule has 1 saturated carbocycles. The van der Waals surface area contributed by atoms with Gasteiger partial charge in [0.05, 0.1) is 23.9 Å². The number of hydrogen-bond donors (Lipinski definition) is 3. The fourth-order valence-corrected chi connectivity index (χ4v) is 4.88. The summed E-state index contributed by atoms with van der Waals surface area (Å²) in [5.74, 6) is -1.57. The first kappa shape index (κ1) is 19.0. The minimum Gasteiger partial charge on any atom is -0.478 e. The van der Waals surface area contributed by atoms with Crippen molar-refractivity contribution >= 4 is 29.9 Å². The van der Waals surface area contributed by atoms with Crippen molar-refractivity contribution < 1.29 is 19.8 Å². The molecule has 4 atom stereocenters. The summed E-state index contributed by atoms with van der Waals surface area (Å²) in [6, 6.07) is 0. The second kappa shape index (κ2) is 6.88. The maximum absolute atomic E-state index is 12.2. The van der Waals surface area contributed by atoms with Gasteiger partial charge in [-0.05, 0) is 44.9 Å². The summed E-state index contributed by atoms with van der Waals surface area (Å²) >= 11 is 1.46. The maximum Gasteiger partial charge on any atom is 0.333 e. The molecule has 0 radical (unpaired) electrons. The van der Waals surface area contributed by atoms with E-state index in [1.165, 1.54) is 18.1 Å². The van der Waals surface area contributed by atoms with E-state index < -0.39 is 23.9 Å². The number of rotatable bonds is 7. The minimum absolute atomic E-state index is 0.0763. The van der Waals surface area contributed by atoms with E-state index in [1.807, 2.05) is 25.7 Å². The number of ketones is 1. The molecule has 0 aromatic carbocycles. The lowest BCUT2D eigenvalue weighted by molar-refractivity contribution is -0.149. The van der Waals surface area contributed by atoms with Gasteiger partial charge in [0.15, 0.2) is 0 Å². The van der Waals surface area contributed by atoms with Crippen LogP contribution in [-0.2, 0) is 9.59 Å². The van der Waals surface area contributed by atoms with Crippen LogP contribution in [0.25, 0.3) is 0 Å². The molecule has 2 rings (SSSR count). The number of carbonyl (C=O) groups is 2. The Labute approximate surface area is 146 Å². The van der Waals surface area contributed by atoms with Crippen LogP contribution in [0.1, 0.15) is 34.1 Å². The van der Waals surface area contributed by atoms with Gasteiger partial charge in [0.2, 0.25) is 0 Å². The molecule has 2 aliphatic rings. The highest BCUT2D eigenvalue weighted by atomic mass is 32.2. The van der Waals surface area contributed by atoms with Gasteiger partial charge in [-0.1, -0.05) is 0 Å². The molecule has 2 aliphatic carbocycles. The molecule has 3 N–H and O–H groups in total. The molecule has 0 amide bonds. The molecule has 0 aromatic rings. The SMILES string of the molecule is CC(O)C1C(=O)C2C(C(=O)O)=C(SCCN(C=N)C(C)(C)C)CC21. The summed E-state index contributed by atoms with van der Waals surface area (Å²) in [6.07, 6.45) is 1.13. The van der Waals surface area contributed by atoms with Crippen molar-refractivity contribution in [3.8, 4) is 0 Å². The van der Waals surface area contributed by atoms with Crippen molar-refractivity contribution in [1.82, 2.24) is 4.90 Å². The average Bonchev–Trinajstić information content (AvgIpc) is 2.76. The van der Waals surface area contributed by atoms with E-state index in [9.17, 15) is 19.8 Å². The van der Waals surface area contributed by atoms with E-state index in [1.54, 1.807) is 6.92 Å². The highest BCUT2D eigenvalue weighted by Crippen LogP contribution is 2.55. The number of carboxylic acids is 1. The summed E-state index contributed by atoms with van der Waals surface area (Å²) in [4.78, 5) is 26.5. The van der Waals surface area contributed by atoms with E-state index >= 15 is 0 Å². The highest BCUT2D eigenvalue weighted by molar-refractivity contribution is 8.03. The van der Waals surface area contributed by atoms with E-state index in [0.717, 1.165) is 4.91 Å². The Balaban J connectivity index is 2.06. The van der Waals surface area contributed by atoms with Gasteiger partial charge >= 0.3 is 5.97 Å². The quantitative estimate of drug-likeness (QED) is 0.477. The Morgan fingerprint density at radius 2 is 2.12 bits per heavy atom. The summed E-state index contributed by atoms with van der Waals surface area (Å²) in [7, 11) is 0. The van der Waals surface area contributed by atoms with Crippen molar-refractivity contribution in [2.45, 2.75) is 45.8 Å². The van der Waals surface area contributed by atoms with Crippen LogP contribution in [0.3, 0.4) is 0 Å². The predicted molar refractivity (Wildman–Crippen MR) is 94.1 cm³/mol. The molecule has 7 heteroatoms. The molecular formula is C17H26N2O4S. The molecule has 0 aromatic heterocycles. The van der Waals surface area contributed by atoms with Crippen LogP contribution in [0.15, 0.2) is 10.5 Å². The van der Waals surface area contributed by atoms with E-state index in [-0.39, 0.29) is 22.8 Å². The first-order chi connectivity index (χ1) is 11.1. The van der Waals surface area contributed by atoms with Gasteiger partial charge in [0.1, 0.15) is 5.78 Å². The van der Waals surface area contributed by atoms with Crippen molar-refractivity contribution in [1.29, 1.82) is 5.41 Å². The second-order valence-electron chi connectivity index (χ2n) is 7.50. The van der Waals surface area contributed by atoms with Crippen LogP contribution >= 0.6 is 11.8 Å². The Kier molecular flexibility index (Phi) is 5.44. The number of nitrogens with zero attached hydrogens (tertiary/aromatic N) is 1. The first-order valence-electron chi connectivity index (χ1n) is 8.17. The van der Waals surface area contributed by atoms with Gasteiger partial charge in [-0.2, -0.15) is 0 Å². The fraction of sp³-hybridized carbons (Fsp3) is 0.706. The Hall–Kier alpha value is -1.34. The molecule has 0 spiro atoms. The lowest BCUT2D eigenvalue weighted by Crippen LogP contribution is -2.51. The van der Waals surface area contributed by atoms with E-state index in [0.29, 0.717) is 18.7 Å². The predicted octanol–water partition coefficient (Wildman–Crippen LogP) is 1.98. The summed E-state index contributed by atoms with van der Waals surface area (Å²) in [5.41, 5.74) is 0.0677. The molecule has 0 heterocycles. The number of allylic oxidation sites excluding steroid dienone is 1. The molecule has 24 heavy (non-hydrogen) atoms. The zero-order valence-electron chi connectivity index (χ0n) is 14.6. The monoisotopic (exact) mass is 354 g/mol. The van der Waals surface area contributed by atoms with Crippen molar-refractivity contribution in [3.05, 3.63) is 10.5 Å². The third-order valence-corrected chi connectivity index (χ3v) is 6.05. The van der Waals surface area contributed by atoms with Crippen LogP contribution in [0.5, 0.6) is 0 Å². The number of hydrogen-bond acceptors (Lipinski definition) is 5. The van der Waals surface area contributed by atoms with Gasteiger partial charge in [0.25, 0.3) is 0 Å². The Bertz CT molecular complexity index is 580. The number of fused-ring (bicyclic) bond motifs is 1. The van der Waals surface area contributed by atoms with Crippen molar-refractivity contribution in [2.75, 3.05) is 12.3 Å². The smallest absolute Gasteiger partial charge is 0.333 e. The van der Waals surface area contributed by atoms with Gasteiger partial charge in [-0.15, -0.1) is 11.8 Å². The topological polar surface area (TPSA) is 102 Å². The van der Waals surface area contributed by atoms with Crippen LogP contribution < -0.4 is 0 Å². The molecule has 0 saturated heterocycles. The van der Waals surface area contributed by atoms with Crippen LogP contribution in [0, 0.1) is 23.2 Å². The van der Waals surface area contributed by atoms with E-state index in [2.05, 4.69) is 0 Å². The van der Waals surface area contributed by atoms with Crippen molar-refractivity contribution in [3.63, 3.8) is 0 Å². The molecule has 1 fully saturated rings. The highest BCUT2D eigenvalue weighted by Gasteiger charge is 2.58. The number of carbonyl (C=O) groups excluding carboxylic acids is 1. The average molecular weight is 354 g/mol. The molecule has 0 bridgehead atoms.